The molecule has 0 aromatic rings. The number of phosphoric ester groups is 1. The summed E-state index contributed by atoms with van der Waals surface area (Å²) in [6.45, 7) is 2.55. The Morgan fingerprint density at radius 1 is 0.609 bits per heavy atom. The first-order valence-electron chi connectivity index (χ1n) is 6.69. The van der Waals surface area contributed by atoms with Crippen LogP contribution in [0.15, 0.2) is 0 Å². The summed E-state index contributed by atoms with van der Waals surface area (Å²) in [4.78, 5) is 31.8. The summed E-state index contributed by atoms with van der Waals surface area (Å²) in [7, 11) is -3.97. The number of phosphoric acid groups is 1. The van der Waals surface area contributed by atoms with Gasteiger partial charge in [-0.3, -0.25) is 28.0 Å². The summed E-state index contributed by atoms with van der Waals surface area (Å²) in [5.41, 5.74) is 0. The van der Waals surface area contributed by atoms with E-state index in [-0.39, 0.29) is 39.6 Å². The Morgan fingerprint density at radius 3 is 1.09 bits per heavy atom. The second kappa shape index (κ2) is 12.0. The third-order valence-electron chi connectivity index (χ3n) is 1.91. The molecule has 23 heavy (non-hydrogen) atoms. The van der Waals surface area contributed by atoms with E-state index in [0.717, 1.165) is 0 Å². The molecule has 0 bridgehead atoms. The van der Waals surface area contributed by atoms with Crippen LogP contribution < -0.4 is 0 Å². The Morgan fingerprint density at radius 2 is 0.870 bits per heavy atom. The van der Waals surface area contributed by atoms with E-state index in [4.69, 9.17) is 13.6 Å². The minimum Gasteiger partial charge on any atom is -0.463 e. The summed E-state index contributed by atoms with van der Waals surface area (Å²) in [6.07, 6.45) is 0. The van der Waals surface area contributed by atoms with E-state index in [0.29, 0.717) is 0 Å². The molecule has 10 nitrogen and oxygen atoms in total. The number of carbonyl (C=O) groups excluding carboxylic acids is 3. The monoisotopic (exact) mass is 356 g/mol. The van der Waals surface area contributed by atoms with Gasteiger partial charge in [0.25, 0.3) is 0 Å². The fourth-order valence-electron chi connectivity index (χ4n) is 1.12. The molecule has 0 radical (unpaired) electrons. The SMILES string of the molecule is CC(=O)OCCOP(=O)(OCCOC(C)=O)OCCOC(C)=O. The zero-order valence-electron chi connectivity index (χ0n) is 13.3. The summed E-state index contributed by atoms with van der Waals surface area (Å²) in [5, 5.41) is 0. The van der Waals surface area contributed by atoms with Gasteiger partial charge in [0.1, 0.15) is 19.8 Å². The molecule has 0 heterocycles. The number of rotatable bonds is 12. The van der Waals surface area contributed by atoms with E-state index < -0.39 is 25.7 Å². The molecule has 0 aliphatic rings. The van der Waals surface area contributed by atoms with Gasteiger partial charge in [0, 0.05) is 20.8 Å². The fraction of sp³-hybridized carbons (Fsp3) is 0.750. The number of carbonyl (C=O) groups is 3. The second-order valence-electron chi connectivity index (χ2n) is 3.97. The van der Waals surface area contributed by atoms with Crippen molar-refractivity contribution in [2.45, 2.75) is 20.8 Å². The lowest BCUT2D eigenvalue weighted by molar-refractivity contribution is -0.142. The van der Waals surface area contributed by atoms with Crippen molar-refractivity contribution < 1.29 is 46.7 Å². The lowest BCUT2D eigenvalue weighted by atomic mass is 10.7. The van der Waals surface area contributed by atoms with Gasteiger partial charge in [-0.15, -0.1) is 0 Å². The summed E-state index contributed by atoms with van der Waals surface area (Å²) < 4.78 is 41.0. The van der Waals surface area contributed by atoms with Crippen LogP contribution in [-0.2, 0) is 46.7 Å². The molecule has 0 spiro atoms. The number of esters is 3. The molecule has 0 amide bonds. The Labute approximate surface area is 133 Å². The predicted octanol–water partition coefficient (Wildman–Crippen LogP) is 0.834. The first-order chi connectivity index (χ1) is 10.7. The molecule has 0 aliphatic carbocycles. The molecule has 0 saturated heterocycles. The summed E-state index contributed by atoms with van der Waals surface area (Å²) in [6, 6.07) is 0. The molecule has 0 atom stereocenters. The average molecular weight is 356 g/mol. The van der Waals surface area contributed by atoms with Gasteiger partial charge in [-0.05, 0) is 0 Å². The van der Waals surface area contributed by atoms with Gasteiger partial charge in [-0.2, -0.15) is 0 Å². The Hall–Kier alpha value is -1.48. The van der Waals surface area contributed by atoms with E-state index >= 15 is 0 Å². The highest BCUT2D eigenvalue weighted by Gasteiger charge is 2.27. The summed E-state index contributed by atoms with van der Waals surface area (Å²) in [5.74, 6) is -1.56. The van der Waals surface area contributed by atoms with Crippen molar-refractivity contribution in [3.05, 3.63) is 0 Å². The van der Waals surface area contributed by atoms with Gasteiger partial charge in [0.15, 0.2) is 0 Å². The minimum absolute atomic E-state index is 0.139. The Kier molecular flexibility index (Phi) is 11.2. The van der Waals surface area contributed by atoms with E-state index in [1.54, 1.807) is 0 Å². The van der Waals surface area contributed by atoms with E-state index in [2.05, 4.69) is 14.2 Å². The third-order valence-corrected chi connectivity index (χ3v) is 3.41. The van der Waals surface area contributed by atoms with E-state index in [1.165, 1.54) is 20.8 Å². The number of hydrogen-bond donors (Lipinski definition) is 0. The van der Waals surface area contributed by atoms with Crippen molar-refractivity contribution >= 4 is 25.7 Å². The molecule has 0 rings (SSSR count). The molecule has 0 aromatic carbocycles. The van der Waals surface area contributed by atoms with Crippen LogP contribution in [0.25, 0.3) is 0 Å². The highest BCUT2D eigenvalue weighted by molar-refractivity contribution is 7.48. The topological polar surface area (TPSA) is 124 Å². The maximum absolute atomic E-state index is 12.3. The minimum atomic E-state index is -3.97. The zero-order valence-corrected chi connectivity index (χ0v) is 14.2. The van der Waals surface area contributed by atoms with Crippen LogP contribution >= 0.6 is 7.82 Å². The third kappa shape index (κ3) is 13.9. The normalized spacial score (nSPS) is 10.9. The molecule has 0 N–H and O–H groups in total. The van der Waals surface area contributed by atoms with Crippen LogP contribution in [0, 0.1) is 0 Å². The molecule has 0 aromatic heterocycles. The van der Waals surface area contributed by atoms with Crippen molar-refractivity contribution in [2.75, 3.05) is 39.6 Å². The highest BCUT2D eigenvalue weighted by Crippen LogP contribution is 2.49. The van der Waals surface area contributed by atoms with E-state index in [9.17, 15) is 18.9 Å². The van der Waals surface area contributed by atoms with Gasteiger partial charge in [0.05, 0.1) is 19.8 Å². The standard InChI is InChI=1S/C12H21O10P/c1-10(13)17-4-7-20-23(16,21-8-5-18-11(2)14)22-9-6-19-12(3)15/h4-9H2,1-3H3. The molecular weight excluding hydrogens is 335 g/mol. The van der Waals surface area contributed by atoms with Crippen molar-refractivity contribution in [3.8, 4) is 0 Å². The van der Waals surface area contributed by atoms with Crippen LogP contribution in [0.2, 0.25) is 0 Å². The summed E-state index contributed by atoms with van der Waals surface area (Å²) >= 11 is 0. The highest BCUT2D eigenvalue weighted by atomic mass is 31.2. The Balaban J connectivity index is 4.26. The van der Waals surface area contributed by atoms with Crippen molar-refractivity contribution in [1.29, 1.82) is 0 Å². The maximum atomic E-state index is 12.3. The van der Waals surface area contributed by atoms with Gasteiger partial charge in [-0.1, -0.05) is 0 Å². The molecule has 0 aliphatic heterocycles. The average Bonchev–Trinajstić information content (AvgIpc) is 2.44. The Bertz CT molecular complexity index is 374. The predicted molar refractivity (Wildman–Crippen MR) is 75.4 cm³/mol. The molecule has 0 unspecified atom stereocenters. The number of ether oxygens (including phenoxy) is 3. The molecule has 11 heteroatoms. The van der Waals surface area contributed by atoms with Crippen LogP contribution in [0.4, 0.5) is 0 Å². The van der Waals surface area contributed by atoms with Gasteiger partial charge < -0.3 is 14.2 Å². The van der Waals surface area contributed by atoms with Crippen molar-refractivity contribution in [3.63, 3.8) is 0 Å². The van der Waals surface area contributed by atoms with Crippen LogP contribution in [0.1, 0.15) is 20.8 Å². The van der Waals surface area contributed by atoms with Gasteiger partial charge in [-0.25, -0.2) is 4.57 Å². The maximum Gasteiger partial charge on any atom is 0.475 e. The first-order valence-corrected chi connectivity index (χ1v) is 8.15. The lowest BCUT2D eigenvalue weighted by Gasteiger charge is -2.17. The largest absolute Gasteiger partial charge is 0.475 e. The number of hydrogen-bond acceptors (Lipinski definition) is 10. The van der Waals surface area contributed by atoms with Crippen LogP contribution in [0.3, 0.4) is 0 Å². The first kappa shape index (κ1) is 21.5. The van der Waals surface area contributed by atoms with Gasteiger partial charge >= 0.3 is 25.7 Å². The fourth-order valence-corrected chi connectivity index (χ4v) is 2.23. The van der Waals surface area contributed by atoms with Crippen LogP contribution in [-0.4, -0.2) is 57.5 Å². The molecule has 134 valence electrons. The molecular formula is C12H21O10P. The van der Waals surface area contributed by atoms with Crippen LogP contribution in [0.5, 0.6) is 0 Å². The van der Waals surface area contributed by atoms with Gasteiger partial charge in [0.2, 0.25) is 0 Å². The van der Waals surface area contributed by atoms with E-state index in [1.807, 2.05) is 0 Å². The molecule has 0 saturated carbocycles. The smallest absolute Gasteiger partial charge is 0.463 e. The quantitative estimate of drug-likeness (QED) is 0.215. The van der Waals surface area contributed by atoms with Crippen molar-refractivity contribution in [2.24, 2.45) is 0 Å². The lowest BCUT2D eigenvalue weighted by Crippen LogP contribution is -2.13. The molecule has 0 fully saturated rings. The zero-order chi connectivity index (χ0) is 17.7. The second-order valence-corrected chi connectivity index (χ2v) is 5.64. The van der Waals surface area contributed by atoms with Crippen molar-refractivity contribution in [1.82, 2.24) is 0 Å².